The third kappa shape index (κ3) is 3.83. The molecular formula is C15H24N2O2. The molecule has 2 atom stereocenters. The summed E-state index contributed by atoms with van der Waals surface area (Å²) < 4.78 is 6.73. The lowest BCUT2D eigenvalue weighted by molar-refractivity contribution is 0.186. The number of nitrogens with zero attached hydrogens (tertiary/aromatic N) is 1. The summed E-state index contributed by atoms with van der Waals surface area (Å²) in [5, 5.41) is 3.55. The van der Waals surface area contributed by atoms with Crippen LogP contribution in [0.3, 0.4) is 0 Å². The van der Waals surface area contributed by atoms with Gasteiger partial charge in [-0.05, 0) is 31.2 Å². The molecule has 1 aliphatic rings. The number of nitrogens with one attached hydrogen (secondary N) is 1. The lowest BCUT2D eigenvalue weighted by Crippen LogP contribution is -2.23. The highest BCUT2D eigenvalue weighted by Crippen LogP contribution is 2.29. The SMILES string of the molecule is CCC1CCC(Nc2ccc(=O)n(CCOC)c2)C1. The first-order valence-electron chi connectivity index (χ1n) is 7.19. The summed E-state index contributed by atoms with van der Waals surface area (Å²) in [6, 6.07) is 4.06. The number of pyridine rings is 1. The molecule has 0 radical (unpaired) electrons. The van der Waals surface area contributed by atoms with Gasteiger partial charge in [-0.1, -0.05) is 13.3 Å². The molecule has 106 valence electrons. The number of aromatic nitrogens is 1. The van der Waals surface area contributed by atoms with Crippen molar-refractivity contribution < 1.29 is 4.74 Å². The van der Waals surface area contributed by atoms with Gasteiger partial charge in [0.1, 0.15) is 0 Å². The Morgan fingerprint density at radius 1 is 1.42 bits per heavy atom. The average molecular weight is 264 g/mol. The highest BCUT2D eigenvalue weighted by atomic mass is 16.5. The standard InChI is InChI=1S/C15H24N2O2/c1-3-12-4-5-13(10-12)16-14-6-7-15(18)17(11-14)8-9-19-2/h6-7,11-13,16H,3-5,8-10H2,1-2H3. The van der Waals surface area contributed by atoms with E-state index < -0.39 is 0 Å². The second-order valence-corrected chi connectivity index (χ2v) is 5.37. The van der Waals surface area contributed by atoms with Crippen molar-refractivity contribution in [3.05, 3.63) is 28.7 Å². The molecule has 4 nitrogen and oxygen atoms in total. The molecule has 0 aliphatic heterocycles. The van der Waals surface area contributed by atoms with E-state index in [-0.39, 0.29) is 5.56 Å². The van der Waals surface area contributed by atoms with Gasteiger partial charge in [0.05, 0.1) is 12.3 Å². The Balaban J connectivity index is 1.99. The van der Waals surface area contributed by atoms with Crippen molar-refractivity contribution in [3.8, 4) is 0 Å². The predicted octanol–water partition coefficient (Wildman–Crippen LogP) is 2.49. The Labute approximate surface area is 114 Å². The van der Waals surface area contributed by atoms with Gasteiger partial charge >= 0.3 is 0 Å². The molecule has 2 unspecified atom stereocenters. The van der Waals surface area contributed by atoms with Crippen LogP contribution in [0.2, 0.25) is 0 Å². The van der Waals surface area contributed by atoms with Gasteiger partial charge in [-0.25, -0.2) is 0 Å². The van der Waals surface area contributed by atoms with Gasteiger partial charge in [0.25, 0.3) is 5.56 Å². The summed E-state index contributed by atoms with van der Waals surface area (Å²) in [5.41, 5.74) is 1.07. The Morgan fingerprint density at radius 2 is 2.26 bits per heavy atom. The summed E-state index contributed by atoms with van der Waals surface area (Å²) in [6.45, 7) is 3.43. The van der Waals surface area contributed by atoms with E-state index in [4.69, 9.17) is 4.74 Å². The first-order valence-corrected chi connectivity index (χ1v) is 7.19. The first kappa shape index (κ1) is 14.1. The topological polar surface area (TPSA) is 43.3 Å². The summed E-state index contributed by atoms with van der Waals surface area (Å²) in [4.78, 5) is 11.7. The molecule has 0 bridgehead atoms. The maximum atomic E-state index is 11.7. The van der Waals surface area contributed by atoms with Crippen molar-refractivity contribution in [2.75, 3.05) is 19.0 Å². The number of ether oxygens (including phenoxy) is 1. The molecule has 0 saturated heterocycles. The molecule has 0 spiro atoms. The number of hydrogen-bond donors (Lipinski definition) is 1. The van der Waals surface area contributed by atoms with E-state index in [1.54, 1.807) is 17.7 Å². The van der Waals surface area contributed by atoms with Crippen molar-refractivity contribution >= 4 is 5.69 Å². The van der Waals surface area contributed by atoms with Crippen molar-refractivity contribution in [2.45, 2.75) is 45.2 Å². The molecule has 1 heterocycles. The zero-order valence-corrected chi connectivity index (χ0v) is 11.9. The minimum absolute atomic E-state index is 0.0282. The van der Waals surface area contributed by atoms with Gasteiger partial charge in [-0.3, -0.25) is 4.79 Å². The molecule has 1 aromatic heterocycles. The summed E-state index contributed by atoms with van der Waals surface area (Å²) in [5.74, 6) is 0.858. The molecule has 1 aromatic rings. The second-order valence-electron chi connectivity index (χ2n) is 5.37. The Hall–Kier alpha value is -1.29. The maximum absolute atomic E-state index is 11.7. The minimum atomic E-state index is 0.0282. The fourth-order valence-electron chi connectivity index (χ4n) is 2.79. The molecule has 0 aromatic carbocycles. The Bertz CT molecular complexity index is 456. The molecule has 2 rings (SSSR count). The normalized spacial score (nSPS) is 22.6. The van der Waals surface area contributed by atoms with Crippen LogP contribution in [-0.2, 0) is 11.3 Å². The van der Waals surface area contributed by atoms with E-state index in [9.17, 15) is 4.79 Å². The van der Waals surface area contributed by atoms with Gasteiger partial charge in [-0.15, -0.1) is 0 Å². The predicted molar refractivity (Wildman–Crippen MR) is 77.6 cm³/mol. The lowest BCUT2D eigenvalue weighted by Gasteiger charge is -2.15. The molecule has 0 amide bonds. The highest BCUT2D eigenvalue weighted by molar-refractivity contribution is 5.41. The first-order chi connectivity index (χ1) is 9.22. The van der Waals surface area contributed by atoms with Crippen LogP contribution < -0.4 is 10.9 Å². The number of anilines is 1. The van der Waals surface area contributed by atoms with Gasteiger partial charge in [0.15, 0.2) is 0 Å². The minimum Gasteiger partial charge on any atom is -0.383 e. The lowest BCUT2D eigenvalue weighted by atomic mass is 10.1. The molecule has 1 saturated carbocycles. The Morgan fingerprint density at radius 3 is 2.95 bits per heavy atom. The Kier molecular flexibility index (Phi) is 5.02. The van der Waals surface area contributed by atoms with Crippen molar-refractivity contribution in [1.29, 1.82) is 0 Å². The van der Waals surface area contributed by atoms with Crippen molar-refractivity contribution in [3.63, 3.8) is 0 Å². The molecule has 1 N–H and O–H groups in total. The van der Waals surface area contributed by atoms with Gasteiger partial charge in [-0.2, -0.15) is 0 Å². The van der Waals surface area contributed by atoms with E-state index in [0.717, 1.165) is 11.6 Å². The molecule has 4 heteroatoms. The van der Waals surface area contributed by atoms with Crippen molar-refractivity contribution in [2.24, 2.45) is 5.92 Å². The highest BCUT2D eigenvalue weighted by Gasteiger charge is 2.22. The molecular weight excluding hydrogens is 240 g/mol. The zero-order valence-electron chi connectivity index (χ0n) is 11.9. The van der Waals surface area contributed by atoms with Crippen LogP contribution in [0.4, 0.5) is 5.69 Å². The van der Waals surface area contributed by atoms with E-state index in [2.05, 4.69) is 12.2 Å². The molecule has 1 aliphatic carbocycles. The van der Waals surface area contributed by atoms with Crippen LogP contribution in [0.15, 0.2) is 23.1 Å². The van der Waals surface area contributed by atoms with E-state index in [1.807, 2.05) is 12.3 Å². The van der Waals surface area contributed by atoms with E-state index in [1.165, 1.54) is 25.7 Å². The van der Waals surface area contributed by atoms with E-state index >= 15 is 0 Å². The maximum Gasteiger partial charge on any atom is 0.250 e. The van der Waals surface area contributed by atoms with Crippen LogP contribution in [0, 0.1) is 5.92 Å². The van der Waals surface area contributed by atoms with Gasteiger partial charge in [0, 0.05) is 32.0 Å². The molecule has 1 fully saturated rings. The summed E-state index contributed by atoms with van der Waals surface area (Å²) in [7, 11) is 1.65. The second kappa shape index (κ2) is 6.75. The zero-order chi connectivity index (χ0) is 13.7. The summed E-state index contributed by atoms with van der Waals surface area (Å²) >= 11 is 0. The fraction of sp³-hybridized carbons (Fsp3) is 0.667. The quantitative estimate of drug-likeness (QED) is 0.858. The number of methoxy groups -OCH3 is 1. The number of rotatable bonds is 6. The monoisotopic (exact) mass is 264 g/mol. The third-order valence-corrected chi connectivity index (χ3v) is 4.01. The third-order valence-electron chi connectivity index (χ3n) is 4.01. The van der Waals surface area contributed by atoms with Gasteiger partial charge < -0.3 is 14.6 Å². The smallest absolute Gasteiger partial charge is 0.250 e. The fourth-order valence-corrected chi connectivity index (χ4v) is 2.79. The summed E-state index contributed by atoms with van der Waals surface area (Å²) in [6.07, 6.45) is 6.97. The van der Waals surface area contributed by atoms with Crippen LogP contribution in [-0.4, -0.2) is 24.3 Å². The largest absolute Gasteiger partial charge is 0.383 e. The van der Waals surface area contributed by atoms with Crippen LogP contribution >= 0.6 is 0 Å². The van der Waals surface area contributed by atoms with Crippen LogP contribution in [0.25, 0.3) is 0 Å². The van der Waals surface area contributed by atoms with Gasteiger partial charge in [0.2, 0.25) is 0 Å². The molecule has 19 heavy (non-hydrogen) atoms. The van der Waals surface area contributed by atoms with Crippen LogP contribution in [0.5, 0.6) is 0 Å². The number of hydrogen-bond acceptors (Lipinski definition) is 3. The van der Waals surface area contributed by atoms with Crippen LogP contribution in [0.1, 0.15) is 32.6 Å². The average Bonchev–Trinajstić information content (AvgIpc) is 2.87. The van der Waals surface area contributed by atoms with Crippen molar-refractivity contribution in [1.82, 2.24) is 4.57 Å². The van der Waals surface area contributed by atoms with E-state index in [0.29, 0.717) is 19.2 Å².